The van der Waals surface area contributed by atoms with E-state index in [1.807, 2.05) is 12.2 Å². The SMILES string of the molecule is CCCCCC/C=C\CCCC(=O)NC(COC1OC(CO)C(OC2OC(CO)C(O)C(OC3(C(=O)O)CC(O)C(NC(C)=O)C(C(O)C(O)CO)O3)C2O)C(O)C1O)C(O)/C=C/CCCCCCCCCCCCCCCC. The van der Waals surface area contributed by atoms with Gasteiger partial charge in [-0.25, -0.2) is 4.79 Å². The molecule has 0 aromatic rings. The Hall–Kier alpha value is -2.79. The summed E-state index contributed by atoms with van der Waals surface area (Å²) in [5.41, 5.74) is 0. The van der Waals surface area contributed by atoms with E-state index in [2.05, 4.69) is 30.6 Å². The van der Waals surface area contributed by atoms with Crippen LogP contribution in [0.4, 0.5) is 0 Å². The molecule has 460 valence electrons. The molecule has 14 N–H and O–H groups in total. The van der Waals surface area contributed by atoms with Crippen molar-refractivity contribution in [1.82, 2.24) is 10.6 Å². The van der Waals surface area contributed by atoms with Crippen molar-refractivity contribution in [2.75, 3.05) is 26.4 Å². The standard InChI is InChI=1S/C56H100N2O21/c1-4-6-8-10-12-14-15-16-17-18-19-20-22-23-25-27-29-38(63)37(58-43(66)30-28-26-24-21-13-11-9-7-5-2)35-74-53-48(70)47(69)50(42(34-61)76-53)77-54-49(71)52(46(68)41(33-60)75-54)79-56(55(72)73)31-39(64)44(57-36(3)62)51(78-56)45(67)40(65)32-59/h21,24,27,29,37-42,44-54,59-61,63-65,67-71H,4-20,22-23,25-26,28,30-35H2,1-3H3,(H,57,62)(H,58,66)(H,72,73)/b24-21-,29-27+. The first kappa shape index (κ1) is 70.5. The lowest BCUT2D eigenvalue weighted by atomic mass is 9.88. The average molecular weight is 1140 g/mol. The highest BCUT2D eigenvalue weighted by Gasteiger charge is 2.60. The number of allylic oxidation sites excluding steroid dienone is 3. The van der Waals surface area contributed by atoms with Crippen molar-refractivity contribution >= 4 is 17.8 Å². The molecule has 0 radical (unpaired) electrons. The van der Waals surface area contributed by atoms with Crippen LogP contribution < -0.4 is 10.6 Å². The molecule has 0 spiro atoms. The third-order valence-electron chi connectivity index (χ3n) is 14.9. The lowest BCUT2D eigenvalue weighted by Crippen LogP contribution is -2.70. The molecule has 0 aromatic carbocycles. The molecule has 0 aromatic heterocycles. The van der Waals surface area contributed by atoms with Gasteiger partial charge in [-0.15, -0.1) is 0 Å². The van der Waals surface area contributed by atoms with E-state index < -0.39 is 155 Å². The van der Waals surface area contributed by atoms with Gasteiger partial charge < -0.3 is 100 Å². The number of ether oxygens (including phenoxy) is 6. The second-order valence-corrected chi connectivity index (χ2v) is 21.5. The first-order chi connectivity index (χ1) is 37.9. The van der Waals surface area contributed by atoms with Gasteiger partial charge in [0.1, 0.15) is 67.1 Å². The molecule has 3 heterocycles. The highest BCUT2D eigenvalue weighted by atomic mass is 16.8. The lowest BCUT2D eigenvalue weighted by Gasteiger charge is -2.50. The van der Waals surface area contributed by atoms with E-state index in [1.54, 1.807) is 6.08 Å². The maximum Gasteiger partial charge on any atom is 0.364 e. The summed E-state index contributed by atoms with van der Waals surface area (Å²) in [7, 11) is 0. The number of aliphatic hydroxyl groups excluding tert-OH is 11. The largest absolute Gasteiger partial charge is 0.477 e. The normalized spacial score (nSPS) is 31.0. The van der Waals surface area contributed by atoms with E-state index >= 15 is 0 Å². The Kier molecular flexibility index (Phi) is 34.7. The number of aliphatic hydroxyl groups is 11. The van der Waals surface area contributed by atoms with E-state index in [0.29, 0.717) is 19.3 Å². The van der Waals surface area contributed by atoms with Crippen LogP contribution in [0, 0.1) is 0 Å². The van der Waals surface area contributed by atoms with Crippen molar-refractivity contribution in [1.29, 1.82) is 0 Å². The minimum absolute atomic E-state index is 0.151. The van der Waals surface area contributed by atoms with E-state index in [1.165, 1.54) is 77.0 Å². The molecule has 3 fully saturated rings. The first-order valence-corrected chi connectivity index (χ1v) is 29.2. The summed E-state index contributed by atoms with van der Waals surface area (Å²) in [6, 6.07) is -2.63. The Bertz CT molecular complexity index is 1730. The molecule has 23 nitrogen and oxygen atoms in total. The number of carboxylic acid groups (broad SMARTS) is 1. The Morgan fingerprint density at radius 2 is 1.19 bits per heavy atom. The van der Waals surface area contributed by atoms with Crippen LogP contribution in [0.5, 0.6) is 0 Å². The lowest BCUT2D eigenvalue weighted by molar-refractivity contribution is -0.386. The smallest absolute Gasteiger partial charge is 0.364 e. The van der Waals surface area contributed by atoms with Gasteiger partial charge in [0.15, 0.2) is 12.6 Å². The second-order valence-electron chi connectivity index (χ2n) is 21.5. The third kappa shape index (κ3) is 23.8. The Balaban J connectivity index is 1.69. The van der Waals surface area contributed by atoms with E-state index in [0.717, 1.165) is 51.9 Å². The monoisotopic (exact) mass is 1140 g/mol. The van der Waals surface area contributed by atoms with Crippen molar-refractivity contribution in [2.45, 2.75) is 285 Å². The number of amides is 2. The predicted octanol–water partition coefficient (Wildman–Crippen LogP) is 1.77. The van der Waals surface area contributed by atoms with Gasteiger partial charge in [-0.05, 0) is 38.5 Å². The molecule has 2 amide bonds. The van der Waals surface area contributed by atoms with Crippen LogP contribution in [0.1, 0.15) is 175 Å². The quantitative estimate of drug-likeness (QED) is 0.0306. The van der Waals surface area contributed by atoms with Crippen LogP contribution in [-0.4, -0.2) is 215 Å². The van der Waals surface area contributed by atoms with Crippen molar-refractivity contribution in [2.24, 2.45) is 0 Å². The highest BCUT2D eigenvalue weighted by molar-refractivity contribution is 5.77. The number of carboxylic acids is 1. The zero-order valence-corrected chi connectivity index (χ0v) is 47.0. The zero-order chi connectivity index (χ0) is 58.3. The van der Waals surface area contributed by atoms with Crippen LogP contribution in [0.3, 0.4) is 0 Å². The number of unbranched alkanes of at least 4 members (excludes halogenated alkanes) is 19. The number of rotatable bonds is 41. The van der Waals surface area contributed by atoms with Gasteiger partial charge in [0.25, 0.3) is 5.79 Å². The van der Waals surface area contributed by atoms with Crippen molar-refractivity contribution in [3.63, 3.8) is 0 Å². The summed E-state index contributed by atoms with van der Waals surface area (Å²) in [5.74, 6) is -6.19. The van der Waals surface area contributed by atoms with Gasteiger partial charge in [0.2, 0.25) is 11.8 Å². The van der Waals surface area contributed by atoms with E-state index in [-0.39, 0.29) is 12.3 Å². The average Bonchev–Trinajstić information content (AvgIpc) is 3.45. The maximum absolute atomic E-state index is 13.2. The summed E-state index contributed by atoms with van der Waals surface area (Å²) in [6.45, 7) is 2.02. The van der Waals surface area contributed by atoms with Crippen molar-refractivity contribution in [3.8, 4) is 0 Å². The van der Waals surface area contributed by atoms with Gasteiger partial charge >= 0.3 is 5.97 Å². The van der Waals surface area contributed by atoms with Crippen LogP contribution in [-0.2, 0) is 42.8 Å². The van der Waals surface area contributed by atoms with Crippen molar-refractivity contribution < 1.29 is 104 Å². The number of carbonyl (C=O) groups excluding carboxylic acids is 2. The minimum Gasteiger partial charge on any atom is -0.477 e. The van der Waals surface area contributed by atoms with Crippen LogP contribution >= 0.6 is 0 Å². The molecule has 3 aliphatic heterocycles. The molecule has 0 saturated carbocycles. The number of carbonyl (C=O) groups is 3. The van der Waals surface area contributed by atoms with Gasteiger partial charge in [0, 0.05) is 19.8 Å². The second kappa shape index (κ2) is 38.9. The summed E-state index contributed by atoms with van der Waals surface area (Å²) in [5, 5.41) is 135. The van der Waals surface area contributed by atoms with Crippen LogP contribution in [0.25, 0.3) is 0 Å². The Labute approximate surface area is 466 Å². The fourth-order valence-corrected chi connectivity index (χ4v) is 10.1. The minimum atomic E-state index is -3.08. The fourth-order valence-electron chi connectivity index (χ4n) is 10.1. The van der Waals surface area contributed by atoms with E-state index in [9.17, 15) is 75.7 Å². The molecule has 23 heteroatoms. The zero-order valence-electron chi connectivity index (χ0n) is 47.0. The molecule has 3 rings (SSSR count). The number of hydrogen-bond acceptors (Lipinski definition) is 20. The highest BCUT2D eigenvalue weighted by Crippen LogP contribution is 2.38. The van der Waals surface area contributed by atoms with Gasteiger partial charge in [0.05, 0.1) is 50.7 Å². The fraction of sp³-hybridized carbons (Fsp3) is 0.875. The van der Waals surface area contributed by atoms with E-state index in [4.69, 9.17) is 28.4 Å². The Morgan fingerprint density at radius 1 is 0.658 bits per heavy atom. The maximum atomic E-state index is 13.2. The Morgan fingerprint density at radius 3 is 1.73 bits per heavy atom. The molecule has 3 aliphatic rings. The first-order valence-electron chi connectivity index (χ1n) is 29.2. The topological polar surface area (TPSA) is 373 Å². The molecular formula is C56H100N2O21. The molecular weight excluding hydrogens is 1040 g/mol. The summed E-state index contributed by atoms with van der Waals surface area (Å²) in [6.07, 6.45) is 2.85. The van der Waals surface area contributed by atoms with Crippen molar-refractivity contribution in [3.05, 3.63) is 24.3 Å². The number of aliphatic carboxylic acids is 1. The van der Waals surface area contributed by atoms with Crippen LogP contribution in [0.15, 0.2) is 24.3 Å². The predicted molar refractivity (Wildman–Crippen MR) is 288 cm³/mol. The third-order valence-corrected chi connectivity index (χ3v) is 14.9. The summed E-state index contributed by atoms with van der Waals surface area (Å²) in [4.78, 5) is 38.2. The molecule has 18 unspecified atom stereocenters. The van der Waals surface area contributed by atoms with Crippen LogP contribution in [0.2, 0.25) is 0 Å². The molecule has 79 heavy (non-hydrogen) atoms. The number of hydrogen-bond donors (Lipinski definition) is 14. The van der Waals surface area contributed by atoms with Gasteiger partial charge in [-0.1, -0.05) is 141 Å². The number of nitrogens with one attached hydrogen (secondary N) is 2. The molecule has 0 bridgehead atoms. The molecule has 0 aliphatic carbocycles. The van der Waals surface area contributed by atoms with Gasteiger partial charge in [-0.3, -0.25) is 9.59 Å². The molecule has 3 saturated heterocycles. The van der Waals surface area contributed by atoms with Gasteiger partial charge in [-0.2, -0.15) is 0 Å². The molecule has 18 atom stereocenters. The summed E-state index contributed by atoms with van der Waals surface area (Å²) < 4.78 is 34.6. The summed E-state index contributed by atoms with van der Waals surface area (Å²) >= 11 is 0.